The maximum absolute atomic E-state index is 13.0. The van der Waals surface area contributed by atoms with Gasteiger partial charge in [0.15, 0.2) is 6.10 Å². The zero-order chi connectivity index (χ0) is 58.5. The number of unbranched alkanes of at least 4 members (excludes halogenated alkanes) is 24. The predicted octanol–water partition coefficient (Wildman–Crippen LogP) is 23.1. The monoisotopic (exact) mass is 1120 g/mol. The maximum Gasteiger partial charge on any atom is 0.306 e. The molecule has 0 bridgehead atoms. The molecule has 6 heteroatoms. The molecule has 0 aromatic rings. The zero-order valence-corrected chi connectivity index (χ0v) is 52.5. The van der Waals surface area contributed by atoms with E-state index in [9.17, 15) is 14.4 Å². The summed E-state index contributed by atoms with van der Waals surface area (Å²) in [6.45, 7) is 6.30. The highest BCUT2D eigenvalue weighted by atomic mass is 16.6. The normalized spacial score (nSPS) is 13.1. The molecule has 0 heterocycles. The Morgan fingerprint density at radius 3 is 0.691 bits per heavy atom. The lowest BCUT2D eigenvalue weighted by atomic mass is 10.1. The van der Waals surface area contributed by atoms with Crippen LogP contribution in [0.1, 0.15) is 290 Å². The van der Waals surface area contributed by atoms with Crippen molar-refractivity contribution in [1.82, 2.24) is 0 Å². The second kappa shape index (κ2) is 67.8. The third-order valence-electron chi connectivity index (χ3n) is 13.8. The Kier molecular flexibility index (Phi) is 63.9. The van der Waals surface area contributed by atoms with Crippen molar-refractivity contribution in [3.05, 3.63) is 146 Å². The number of hydrogen-bond acceptors (Lipinski definition) is 6. The van der Waals surface area contributed by atoms with Crippen LogP contribution in [0.4, 0.5) is 0 Å². The number of ether oxygens (including phenoxy) is 3. The molecular formula is C75H122O6. The van der Waals surface area contributed by atoms with Gasteiger partial charge in [0.2, 0.25) is 0 Å². The lowest BCUT2D eigenvalue weighted by Crippen LogP contribution is -2.30. The van der Waals surface area contributed by atoms with Gasteiger partial charge in [0.05, 0.1) is 0 Å². The second-order valence-corrected chi connectivity index (χ2v) is 21.6. The molecule has 1 unspecified atom stereocenters. The molecule has 0 aliphatic heterocycles. The van der Waals surface area contributed by atoms with Gasteiger partial charge in [-0.05, 0) is 135 Å². The van der Waals surface area contributed by atoms with Crippen LogP contribution in [-0.2, 0) is 28.6 Å². The maximum atomic E-state index is 13.0. The fourth-order valence-electron chi connectivity index (χ4n) is 8.95. The first-order valence-corrected chi connectivity index (χ1v) is 33.3. The van der Waals surface area contributed by atoms with E-state index in [-0.39, 0.29) is 31.1 Å². The highest BCUT2D eigenvalue weighted by molar-refractivity contribution is 5.71. The van der Waals surface area contributed by atoms with Gasteiger partial charge in [-0.2, -0.15) is 0 Å². The number of hydrogen-bond donors (Lipinski definition) is 0. The molecule has 0 aromatic carbocycles. The van der Waals surface area contributed by atoms with E-state index in [0.29, 0.717) is 19.3 Å². The van der Waals surface area contributed by atoms with Gasteiger partial charge in [-0.3, -0.25) is 14.4 Å². The average molecular weight is 1120 g/mol. The summed E-state index contributed by atoms with van der Waals surface area (Å²) in [5, 5.41) is 0. The van der Waals surface area contributed by atoms with E-state index in [0.717, 1.165) is 154 Å². The summed E-state index contributed by atoms with van der Waals surface area (Å²) in [7, 11) is 0. The number of esters is 3. The van der Waals surface area contributed by atoms with Gasteiger partial charge in [0, 0.05) is 19.3 Å². The van der Waals surface area contributed by atoms with Crippen LogP contribution in [0.15, 0.2) is 146 Å². The van der Waals surface area contributed by atoms with Crippen LogP contribution >= 0.6 is 0 Å². The van der Waals surface area contributed by atoms with Crippen LogP contribution in [0, 0.1) is 0 Å². The van der Waals surface area contributed by atoms with E-state index >= 15 is 0 Å². The first-order valence-electron chi connectivity index (χ1n) is 33.3. The number of carbonyl (C=O) groups excluding carboxylic acids is 3. The largest absolute Gasteiger partial charge is 0.462 e. The summed E-state index contributed by atoms with van der Waals surface area (Å²) in [6, 6.07) is 0. The SMILES string of the molecule is CC/C=C\C/C=C\C/C=C\C/C=C\CCCCCCCCCCCCC(=O)OCC(COC(=O)CCCCCCCC/C=C\C/C=C\C/C=C\C/C=C\CC)OC(=O)CCCCCCCCCC/C=C\C/C=C\C/C=C\C/C=C\CC. The number of rotatable bonds is 59. The first-order chi connectivity index (χ1) is 40.0. The minimum Gasteiger partial charge on any atom is -0.462 e. The molecule has 0 spiro atoms. The standard InChI is InChI=1S/C75H122O6/c1-4-7-10-13-16-19-22-25-28-31-34-36-37-39-41-44-47-50-53-56-59-62-65-68-74(77)80-71-72(70-79-73(76)67-64-61-58-55-52-49-46-43-40-33-30-27-24-21-18-15-12-9-6-3)81-75(78)69-66-63-60-57-54-51-48-45-42-38-35-32-29-26-23-20-17-14-11-8-5-2/h7-12,16-21,25-30,34-36,38,40,43,72H,4-6,13-15,22-24,31-33,37,39,41-42,44-71H2,1-3H3/b10-7-,11-8-,12-9-,19-16-,20-17-,21-18-,28-25-,29-26-,30-27-,36-34-,38-35-,43-40-. The quantitative estimate of drug-likeness (QED) is 0.0261. The molecule has 6 nitrogen and oxygen atoms in total. The van der Waals surface area contributed by atoms with Gasteiger partial charge in [-0.1, -0.05) is 282 Å². The van der Waals surface area contributed by atoms with E-state index in [2.05, 4.69) is 167 Å². The van der Waals surface area contributed by atoms with Crippen molar-refractivity contribution in [3.63, 3.8) is 0 Å². The Morgan fingerprint density at radius 1 is 0.247 bits per heavy atom. The van der Waals surface area contributed by atoms with Gasteiger partial charge >= 0.3 is 17.9 Å². The molecule has 0 amide bonds. The highest BCUT2D eigenvalue weighted by Gasteiger charge is 2.19. The number of allylic oxidation sites excluding steroid dienone is 24. The Bertz CT molecular complexity index is 1760. The summed E-state index contributed by atoms with van der Waals surface area (Å²) < 4.78 is 17.0. The molecule has 458 valence electrons. The van der Waals surface area contributed by atoms with Crippen molar-refractivity contribution in [2.75, 3.05) is 13.2 Å². The number of carbonyl (C=O) groups is 3. The summed E-state index contributed by atoms with van der Waals surface area (Å²) in [6.07, 6.45) is 97.0. The third-order valence-corrected chi connectivity index (χ3v) is 13.8. The van der Waals surface area contributed by atoms with Crippen molar-refractivity contribution < 1.29 is 28.6 Å². The molecule has 0 fully saturated rings. The van der Waals surface area contributed by atoms with Crippen molar-refractivity contribution in [3.8, 4) is 0 Å². The molecule has 0 rings (SSSR count). The Hall–Kier alpha value is -4.71. The fourth-order valence-corrected chi connectivity index (χ4v) is 8.95. The molecule has 0 aliphatic carbocycles. The lowest BCUT2D eigenvalue weighted by Gasteiger charge is -2.18. The van der Waals surface area contributed by atoms with E-state index < -0.39 is 6.10 Å². The molecule has 0 N–H and O–H groups in total. The van der Waals surface area contributed by atoms with Crippen LogP contribution in [-0.4, -0.2) is 37.2 Å². The van der Waals surface area contributed by atoms with E-state index in [4.69, 9.17) is 14.2 Å². The molecule has 81 heavy (non-hydrogen) atoms. The summed E-state index contributed by atoms with van der Waals surface area (Å²) in [5.41, 5.74) is 0. The van der Waals surface area contributed by atoms with Crippen LogP contribution < -0.4 is 0 Å². The average Bonchev–Trinajstić information content (AvgIpc) is 3.47. The Labute approximate surface area is 499 Å². The van der Waals surface area contributed by atoms with Gasteiger partial charge < -0.3 is 14.2 Å². The first kappa shape index (κ1) is 76.3. The molecule has 0 aliphatic rings. The van der Waals surface area contributed by atoms with Crippen LogP contribution in [0.5, 0.6) is 0 Å². The summed E-state index contributed by atoms with van der Waals surface area (Å²) in [4.78, 5) is 38.5. The highest BCUT2D eigenvalue weighted by Crippen LogP contribution is 2.16. The molecular weight excluding hydrogens is 997 g/mol. The molecule has 0 saturated carbocycles. The van der Waals surface area contributed by atoms with E-state index in [1.165, 1.54) is 96.3 Å². The third kappa shape index (κ3) is 66.0. The van der Waals surface area contributed by atoms with Crippen LogP contribution in [0.3, 0.4) is 0 Å². The lowest BCUT2D eigenvalue weighted by molar-refractivity contribution is -0.167. The molecule has 0 saturated heterocycles. The minimum absolute atomic E-state index is 0.0928. The van der Waals surface area contributed by atoms with E-state index in [1.807, 2.05) is 0 Å². The Balaban J connectivity index is 4.45. The summed E-state index contributed by atoms with van der Waals surface area (Å²) in [5.74, 6) is -0.915. The second-order valence-electron chi connectivity index (χ2n) is 21.6. The van der Waals surface area contributed by atoms with Crippen LogP contribution in [0.25, 0.3) is 0 Å². The zero-order valence-electron chi connectivity index (χ0n) is 52.5. The smallest absolute Gasteiger partial charge is 0.306 e. The van der Waals surface area contributed by atoms with Crippen molar-refractivity contribution in [2.45, 2.75) is 297 Å². The molecule has 1 atom stereocenters. The van der Waals surface area contributed by atoms with Crippen molar-refractivity contribution in [1.29, 1.82) is 0 Å². The predicted molar refractivity (Wildman–Crippen MR) is 352 cm³/mol. The van der Waals surface area contributed by atoms with Gasteiger partial charge in [0.25, 0.3) is 0 Å². The molecule has 0 aromatic heterocycles. The minimum atomic E-state index is -0.799. The molecule has 0 radical (unpaired) electrons. The van der Waals surface area contributed by atoms with Crippen molar-refractivity contribution in [2.24, 2.45) is 0 Å². The summed E-state index contributed by atoms with van der Waals surface area (Å²) >= 11 is 0. The Morgan fingerprint density at radius 2 is 0.444 bits per heavy atom. The van der Waals surface area contributed by atoms with Crippen LogP contribution in [0.2, 0.25) is 0 Å². The van der Waals surface area contributed by atoms with Gasteiger partial charge in [-0.25, -0.2) is 0 Å². The van der Waals surface area contributed by atoms with Crippen molar-refractivity contribution >= 4 is 17.9 Å². The topological polar surface area (TPSA) is 78.9 Å². The fraction of sp³-hybridized carbons (Fsp3) is 0.640. The van der Waals surface area contributed by atoms with E-state index in [1.54, 1.807) is 0 Å². The van der Waals surface area contributed by atoms with Gasteiger partial charge in [0.1, 0.15) is 13.2 Å². The van der Waals surface area contributed by atoms with Gasteiger partial charge in [-0.15, -0.1) is 0 Å².